The molecule has 0 aromatic carbocycles. The quantitative estimate of drug-likeness (QED) is 0.423. The van der Waals surface area contributed by atoms with Gasteiger partial charge >= 0.3 is 5.79 Å². The van der Waals surface area contributed by atoms with Gasteiger partial charge in [0.05, 0.1) is 0 Å². The van der Waals surface area contributed by atoms with Crippen LogP contribution in [0.5, 0.6) is 0 Å². The van der Waals surface area contributed by atoms with Gasteiger partial charge in [-0.05, 0) is 57.3 Å². The molecule has 2 atom stereocenters. The number of nitrogens with zero attached hydrogens (tertiary/aromatic N) is 3. The van der Waals surface area contributed by atoms with Gasteiger partial charge in [0.25, 0.3) is 0 Å². The molecule has 0 aliphatic heterocycles. The van der Waals surface area contributed by atoms with Crippen molar-refractivity contribution in [3.05, 3.63) is 30.3 Å². The van der Waals surface area contributed by atoms with Crippen LogP contribution in [0.2, 0.25) is 0 Å². The first kappa shape index (κ1) is 15.8. The van der Waals surface area contributed by atoms with Crippen LogP contribution >= 0.6 is 0 Å². The molecule has 0 amide bonds. The van der Waals surface area contributed by atoms with Gasteiger partial charge in [-0.15, -0.1) is 0 Å². The van der Waals surface area contributed by atoms with Gasteiger partial charge in [0.1, 0.15) is 5.78 Å². The summed E-state index contributed by atoms with van der Waals surface area (Å²) in [6.45, 7) is 1.38. The first-order chi connectivity index (χ1) is 10.6. The Morgan fingerprint density at radius 1 is 0.957 bits per heavy atom. The Kier molecular flexibility index (Phi) is 3.05. The predicted octanol–water partition coefficient (Wildman–Crippen LogP) is 1.65. The summed E-state index contributed by atoms with van der Waals surface area (Å²) in [6.07, 6.45) is 1.81. The minimum absolute atomic E-state index is 0.0709. The van der Waals surface area contributed by atoms with E-state index in [1.165, 1.54) is 6.92 Å². The molecular formula is C13H17N3O7. The van der Waals surface area contributed by atoms with Gasteiger partial charge in [-0.1, -0.05) is 0 Å². The maximum absolute atomic E-state index is 12.2. The highest BCUT2D eigenvalue weighted by molar-refractivity contribution is 5.83. The highest BCUT2D eigenvalue weighted by Crippen LogP contribution is 2.69. The van der Waals surface area contributed by atoms with E-state index in [-0.39, 0.29) is 36.9 Å². The average Bonchev–Trinajstić information content (AvgIpc) is 2.35. The van der Waals surface area contributed by atoms with Gasteiger partial charge in [0.2, 0.25) is 0 Å². The van der Waals surface area contributed by atoms with Crippen molar-refractivity contribution in [2.75, 3.05) is 0 Å². The Bertz CT molecular complexity index is 581. The van der Waals surface area contributed by atoms with E-state index in [1.54, 1.807) is 0 Å². The number of carbonyl (C=O) groups is 1. The Morgan fingerprint density at radius 3 is 1.74 bits per heavy atom. The molecular weight excluding hydrogens is 310 g/mol. The van der Waals surface area contributed by atoms with Crippen LogP contribution in [0.4, 0.5) is 0 Å². The normalized spacial score (nSPS) is 38.3. The van der Waals surface area contributed by atoms with Crippen LogP contribution in [0, 0.1) is 53.0 Å². The van der Waals surface area contributed by atoms with Crippen molar-refractivity contribution in [1.29, 1.82) is 0 Å². The predicted molar refractivity (Wildman–Crippen MR) is 73.9 cm³/mol. The highest BCUT2D eigenvalue weighted by Gasteiger charge is 2.87. The molecule has 0 radical (unpaired) electrons. The first-order valence-corrected chi connectivity index (χ1v) is 7.54. The molecule has 4 bridgehead atoms. The molecule has 23 heavy (non-hydrogen) atoms. The van der Waals surface area contributed by atoms with Gasteiger partial charge in [-0.3, -0.25) is 35.1 Å². The summed E-state index contributed by atoms with van der Waals surface area (Å²) in [6, 6.07) is 0. The maximum atomic E-state index is 12.2. The van der Waals surface area contributed by atoms with E-state index in [9.17, 15) is 35.1 Å². The van der Waals surface area contributed by atoms with E-state index >= 15 is 0 Å². The molecule has 4 saturated carbocycles. The molecule has 4 aliphatic carbocycles. The van der Waals surface area contributed by atoms with Crippen molar-refractivity contribution >= 4 is 5.78 Å². The Morgan fingerprint density at radius 2 is 1.39 bits per heavy atom. The molecule has 0 spiro atoms. The van der Waals surface area contributed by atoms with Crippen LogP contribution in [0.1, 0.15) is 45.4 Å². The van der Waals surface area contributed by atoms with Crippen molar-refractivity contribution in [3.8, 4) is 0 Å². The Labute approximate surface area is 130 Å². The van der Waals surface area contributed by atoms with E-state index < -0.39 is 31.4 Å². The van der Waals surface area contributed by atoms with Crippen LogP contribution in [0.15, 0.2) is 0 Å². The van der Waals surface area contributed by atoms with Crippen LogP contribution < -0.4 is 0 Å². The topological polar surface area (TPSA) is 146 Å². The average molecular weight is 327 g/mol. The minimum Gasteiger partial charge on any atom is -0.299 e. The molecule has 10 nitrogen and oxygen atoms in total. The Balaban J connectivity index is 2.20. The zero-order chi connectivity index (χ0) is 17.2. The van der Waals surface area contributed by atoms with Gasteiger partial charge in [-0.25, -0.2) is 0 Å². The van der Waals surface area contributed by atoms with Crippen molar-refractivity contribution in [3.63, 3.8) is 0 Å². The standard InChI is InChI=1S/C13H17N3O7/c1-8(17)11-3-9-2-10(4-11)6-12(5-9,7-11)13(14(18)19,15(20)21)16(22)23/h9-10H,2-7H2,1H3. The molecule has 0 aromatic heterocycles. The fourth-order valence-electron chi connectivity index (χ4n) is 5.85. The largest absolute Gasteiger partial charge is 0.705 e. The second-order valence-electron chi connectivity index (χ2n) is 7.48. The summed E-state index contributed by atoms with van der Waals surface area (Å²) in [5, 5.41) is 34.6. The number of rotatable bonds is 5. The van der Waals surface area contributed by atoms with Gasteiger partial charge in [0, 0.05) is 5.41 Å². The SMILES string of the molecule is CC(=O)C12CC3CC(C1)CC(C([N+](=O)[O-])([N+](=O)[O-])[N+](=O)[O-])(C3)C2. The van der Waals surface area contributed by atoms with Crippen molar-refractivity contribution in [1.82, 2.24) is 0 Å². The van der Waals surface area contributed by atoms with Crippen molar-refractivity contribution in [2.45, 2.75) is 51.2 Å². The van der Waals surface area contributed by atoms with Gasteiger partial charge < -0.3 is 0 Å². The Hall–Kier alpha value is -2.13. The lowest BCUT2D eigenvalue weighted by Gasteiger charge is -2.58. The third kappa shape index (κ3) is 1.71. The molecule has 4 fully saturated rings. The van der Waals surface area contributed by atoms with Crippen LogP contribution in [-0.4, -0.2) is 26.3 Å². The summed E-state index contributed by atoms with van der Waals surface area (Å²) in [7, 11) is 0. The molecule has 0 heterocycles. The molecule has 0 aromatic rings. The third-order valence-electron chi connectivity index (χ3n) is 6.28. The summed E-state index contributed by atoms with van der Waals surface area (Å²) in [5.74, 6) is -3.83. The fraction of sp³-hybridized carbons (Fsp3) is 0.923. The van der Waals surface area contributed by atoms with Crippen LogP contribution in [0.25, 0.3) is 0 Å². The molecule has 2 unspecified atom stereocenters. The minimum atomic E-state index is -3.47. The molecule has 0 N–H and O–H groups in total. The number of ketones is 1. The smallest absolute Gasteiger partial charge is 0.299 e. The van der Waals surface area contributed by atoms with E-state index in [4.69, 9.17) is 0 Å². The summed E-state index contributed by atoms with van der Waals surface area (Å²) in [5.41, 5.74) is -2.57. The highest BCUT2D eigenvalue weighted by atomic mass is 16.7. The number of hydrogen-bond acceptors (Lipinski definition) is 7. The summed E-state index contributed by atoms with van der Waals surface area (Å²) in [4.78, 5) is 42.7. The van der Waals surface area contributed by atoms with Crippen molar-refractivity contribution in [2.24, 2.45) is 22.7 Å². The van der Waals surface area contributed by atoms with E-state index in [0.717, 1.165) is 6.42 Å². The molecule has 10 heteroatoms. The zero-order valence-corrected chi connectivity index (χ0v) is 12.6. The summed E-state index contributed by atoms with van der Waals surface area (Å²) >= 11 is 0. The summed E-state index contributed by atoms with van der Waals surface area (Å²) < 4.78 is 0. The number of Topliss-reactive ketones (excluding diaryl/α,β-unsaturated/α-hetero) is 1. The van der Waals surface area contributed by atoms with E-state index in [1.807, 2.05) is 0 Å². The lowest BCUT2D eigenvalue weighted by Crippen LogP contribution is -2.71. The molecule has 0 saturated heterocycles. The van der Waals surface area contributed by atoms with Crippen LogP contribution in [-0.2, 0) is 4.79 Å². The van der Waals surface area contributed by atoms with E-state index in [2.05, 4.69) is 0 Å². The lowest BCUT2D eigenvalue weighted by molar-refractivity contribution is -0.989. The second kappa shape index (κ2) is 4.45. The second-order valence-corrected chi connectivity index (χ2v) is 7.48. The number of nitro groups is 3. The first-order valence-electron chi connectivity index (χ1n) is 7.54. The third-order valence-corrected chi connectivity index (χ3v) is 6.28. The monoisotopic (exact) mass is 327 g/mol. The molecule has 4 aliphatic rings. The molecule has 4 rings (SSSR count). The number of carbonyl (C=O) groups excluding carboxylic acids is 1. The zero-order valence-electron chi connectivity index (χ0n) is 12.6. The lowest BCUT2D eigenvalue weighted by atomic mass is 9.42. The fourth-order valence-corrected chi connectivity index (χ4v) is 5.85. The molecule has 126 valence electrons. The van der Waals surface area contributed by atoms with E-state index in [0.29, 0.717) is 12.8 Å². The van der Waals surface area contributed by atoms with Crippen LogP contribution in [0.3, 0.4) is 0 Å². The number of hydrogen-bond donors (Lipinski definition) is 0. The maximum Gasteiger partial charge on any atom is 0.705 e. The van der Waals surface area contributed by atoms with Crippen molar-refractivity contribution < 1.29 is 19.6 Å². The van der Waals surface area contributed by atoms with Gasteiger partial charge in [0.15, 0.2) is 20.2 Å². The van der Waals surface area contributed by atoms with Gasteiger partial charge in [-0.2, -0.15) is 0 Å².